The summed E-state index contributed by atoms with van der Waals surface area (Å²) in [6, 6.07) is 27.6. The Bertz CT molecular complexity index is 1610. The minimum Gasteiger partial charge on any atom is -0.872 e. The molecule has 42 heavy (non-hydrogen) atoms. The molecule has 0 aromatic heterocycles. The summed E-state index contributed by atoms with van der Waals surface area (Å²) in [6.45, 7) is 0. The summed E-state index contributed by atoms with van der Waals surface area (Å²) in [4.78, 5) is 10.8. The summed E-state index contributed by atoms with van der Waals surface area (Å²) in [7, 11) is 0. The molecule has 10 N–H and O–H groups in total. The van der Waals surface area contributed by atoms with Crippen LogP contribution in [0, 0.1) is 0 Å². The number of fused-ring (bicyclic) bond motifs is 1. The predicted molar refractivity (Wildman–Crippen MR) is 160 cm³/mol. The lowest BCUT2D eigenvalue weighted by Gasteiger charge is -2.17. The molecule has 5 aromatic carbocycles. The van der Waals surface area contributed by atoms with Crippen molar-refractivity contribution in [1.29, 1.82) is 0 Å². The average Bonchev–Trinajstić information content (AvgIpc) is 2.97. The van der Waals surface area contributed by atoms with Crippen molar-refractivity contribution in [2.75, 3.05) is 22.9 Å². The van der Waals surface area contributed by atoms with E-state index < -0.39 is 11.7 Å². The van der Waals surface area contributed by atoms with Crippen LogP contribution in [0.1, 0.15) is 21.5 Å². The molecule has 12 heteroatoms. The molecular weight excluding hydrogens is 560 g/mol. The number of carbonyl (C=O) groups is 1. The van der Waals surface area contributed by atoms with Crippen LogP contribution in [0.15, 0.2) is 102 Å². The Hall–Kier alpha value is -5.14. The first-order chi connectivity index (χ1) is 20.1. The van der Waals surface area contributed by atoms with Gasteiger partial charge in [-0.25, -0.2) is 10.1 Å². The maximum absolute atomic E-state index is 12.3. The van der Waals surface area contributed by atoms with Gasteiger partial charge in [0.05, 0.1) is 17.6 Å². The fourth-order valence-corrected chi connectivity index (χ4v) is 4.19. The second-order valence-electron chi connectivity index (χ2n) is 8.77. The van der Waals surface area contributed by atoms with Gasteiger partial charge in [-0.2, -0.15) is 0 Å². The number of aromatic carboxylic acids is 1. The van der Waals surface area contributed by atoms with E-state index in [1.54, 1.807) is 30.3 Å². The molecule has 5 aromatic rings. The van der Waals surface area contributed by atoms with Crippen LogP contribution in [0.5, 0.6) is 11.5 Å². The molecule has 0 saturated carbocycles. The molecule has 0 saturated heterocycles. The van der Waals surface area contributed by atoms with E-state index in [0.29, 0.717) is 22.4 Å². The number of hydrogen-bond donors (Lipinski definition) is 6. The molecule has 11 nitrogen and oxygen atoms in total. The summed E-state index contributed by atoms with van der Waals surface area (Å²) < 4.78 is 4.36. The third kappa shape index (κ3) is 8.94. The molecule has 0 fully saturated rings. The topological polar surface area (TPSA) is 226 Å². The molecule has 5 rings (SSSR count). The highest BCUT2D eigenvalue weighted by Crippen LogP contribution is 2.36. The molecule has 0 bridgehead atoms. The Kier molecular flexibility index (Phi) is 11.2. The molecular formula is C30H28N4O7S-2. The Morgan fingerprint density at radius 3 is 1.95 bits per heavy atom. The van der Waals surface area contributed by atoms with E-state index in [1.807, 2.05) is 42.5 Å². The molecule has 218 valence electrons. The van der Waals surface area contributed by atoms with Crippen LogP contribution in [0.25, 0.3) is 10.8 Å². The van der Waals surface area contributed by atoms with Gasteiger partial charge in [-0.3, -0.25) is 0 Å². The standard InChI is InChI=1S/C17H15NO4S.C7H7NO3.C6H8N2/c18-17-13(8-11-4-2-1-3-5-11)7-6-12-9-14(23-22-21-20)10-15(19)16(12)17;8-4-1-2-6(9)5(3-4)7(10)11;7-5-1-2-6(8)4-3-5/h1-7,9-10,19-20H,8,18H2;1-3,9H,8H2,(H,10,11);1-4H,7-8H2/p-2. The Balaban J connectivity index is 0.000000210. The maximum Gasteiger partial charge on any atom is 0.335 e. The van der Waals surface area contributed by atoms with Gasteiger partial charge in [0.1, 0.15) is 0 Å². The summed E-state index contributed by atoms with van der Waals surface area (Å²) in [5, 5.41) is 44.5. The van der Waals surface area contributed by atoms with E-state index in [-0.39, 0.29) is 17.0 Å². The van der Waals surface area contributed by atoms with Gasteiger partial charge in [0.25, 0.3) is 0 Å². The molecule has 0 amide bonds. The van der Waals surface area contributed by atoms with Gasteiger partial charge in [0.15, 0.2) is 0 Å². The monoisotopic (exact) mass is 588 g/mol. The van der Waals surface area contributed by atoms with Gasteiger partial charge in [-0.15, -0.1) is 4.33 Å². The maximum atomic E-state index is 12.3. The Labute approximate surface area is 245 Å². The molecule has 0 atom stereocenters. The first kappa shape index (κ1) is 31.4. The number of nitrogen functional groups attached to an aromatic ring is 4. The van der Waals surface area contributed by atoms with Crippen molar-refractivity contribution in [1.82, 2.24) is 0 Å². The Morgan fingerprint density at radius 2 is 1.38 bits per heavy atom. The highest BCUT2D eigenvalue weighted by atomic mass is 32.2. The van der Waals surface area contributed by atoms with Crippen molar-refractivity contribution >= 4 is 51.5 Å². The zero-order chi connectivity index (χ0) is 30.6. The second kappa shape index (κ2) is 15.0. The number of rotatable bonds is 6. The summed E-state index contributed by atoms with van der Waals surface area (Å²) in [5.74, 6) is -1.96. The first-order valence-electron chi connectivity index (χ1n) is 12.2. The lowest BCUT2D eigenvalue weighted by Crippen LogP contribution is -2.04. The van der Waals surface area contributed by atoms with Crippen LogP contribution in [0.3, 0.4) is 0 Å². The fourth-order valence-electron chi connectivity index (χ4n) is 3.75. The van der Waals surface area contributed by atoms with Crippen molar-refractivity contribution in [3.8, 4) is 11.5 Å². The number of benzene rings is 5. The number of hydrogen-bond acceptors (Lipinski definition) is 11. The molecule has 0 radical (unpaired) electrons. The van der Waals surface area contributed by atoms with Gasteiger partial charge in [0, 0.05) is 27.6 Å². The molecule has 0 unspecified atom stereocenters. The second-order valence-corrected chi connectivity index (χ2v) is 9.55. The van der Waals surface area contributed by atoms with Gasteiger partial charge < -0.3 is 38.3 Å². The lowest BCUT2D eigenvalue weighted by atomic mass is 9.98. The molecule has 0 aliphatic rings. The van der Waals surface area contributed by atoms with Crippen molar-refractivity contribution in [2.45, 2.75) is 11.3 Å². The zero-order valence-electron chi connectivity index (χ0n) is 22.1. The fraction of sp³-hybridized carbons (Fsp3) is 0.0333. The van der Waals surface area contributed by atoms with Gasteiger partial charge in [-0.1, -0.05) is 71.1 Å². The molecule has 0 heterocycles. The SMILES string of the molecule is Nc1c(Cc2ccccc2)ccc2cc(SOOO)cc([O-])c12.Nc1ccc(N)cc1.Nc1ccc([O-])c(C(=O)O)c1. The molecule has 0 aliphatic heterocycles. The quantitative estimate of drug-likeness (QED) is 0.0702. The number of nitrogens with two attached hydrogens (primary N) is 4. The Morgan fingerprint density at radius 1 is 0.762 bits per heavy atom. The summed E-state index contributed by atoms with van der Waals surface area (Å²) in [5.41, 5.74) is 26.2. The third-order valence-electron chi connectivity index (χ3n) is 5.75. The van der Waals surface area contributed by atoms with E-state index in [9.17, 15) is 15.0 Å². The van der Waals surface area contributed by atoms with Gasteiger partial charge in [0.2, 0.25) is 0 Å². The van der Waals surface area contributed by atoms with E-state index in [2.05, 4.69) is 9.37 Å². The van der Waals surface area contributed by atoms with Crippen LogP contribution in [0.4, 0.5) is 22.7 Å². The number of anilines is 4. The average molecular weight is 589 g/mol. The van der Waals surface area contributed by atoms with Crippen molar-refractivity contribution < 1.29 is 34.7 Å². The number of carboxylic acids is 1. The normalized spacial score (nSPS) is 10.2. The van der Waals surface area contributed by atoms with Crippen LogP contribution >= 0.6 is 12.0 Å². The number of carboxylic acid groups (broad SMARTS) is 1. The zero-order valence-corrected chi connectivity index (χ0v) is 22.9. The van der Waals surface area contributed by atoms with Crippen molar-refractivity contribution in [3.05, 3.63) is 114 Å². The van der Waals surface area contributed by atoms with Gasteiger partial charge in [-0.05, 0) is 70.8 Å². The lowest BCUT2D eigenvalue weighted by molar-refractivity contribution is -0.432. The van der Waals surface area contributed by atoms with Crippen LogP contribution in [0.2, 0.25) is 0 Å². The van der Waals surface area contributed by atoms with E-state index >= 15 is 0 Å². The smallest absolute Gasteiger partial charge is 0.335 e. The summed E-state index contributed by atoms with van der Waals surface area (Å²) in [6.07, 6.45) is 0.667. The van der Waals surface area contributed by atoms with E-state index in [1.165, 1.54) is 12.1 Å². The first-order valence-corrected chi connectivity index (χ1v) is 12.9. The molecule has 0 spiro atoms. The van der Waals surface area contributed by atoms with Crippen LogP contribution in [-0.2, 0) is 15.8 Å². The summed E-state index contributed by atoms with van der Waals surface area (Å²) >= 11 is 0.749. The van der Waals surface area contributed by atoms with Crippen LogP contribution in [-0.4, -0.2) is 16.3 Å². The minimum absolute atomic E-state index is 0.195. The predicted octanol–water partition coefficient (Wildman–Crippen LogP) is 4.41. The molecule has 0 aliphatic carbocycles. The van der Waals surface area contributed by atoms with E-state index in [4.69, 9.17) is 33.3 Å². The third-order valence-corrected chi connectivity index (χ3v) is 6.31. The highest BCUT2D eigenvalue weighted by molar-refractivity contribution is 7.94. The van der Waals surface area contributed by atoms with E-state index in [0.717, 1.165) is 52.1 Å². The minimum atomic E-state index is -1.25. The van der Waals surface area contributed by atoms with Crippen molar-refractivity contribution in [2.24, 2.45) is 0 Å². The van der Waals surface area contributed by atoms with Crippen LogP contribution < -0.4 is 33.1 Å². The largest absolute Gasteiger partial charge is 0.872 e. The highest BCUT2D eigenvalue weighted by Gasteiger charge is 2.08. The van der Waals surface area contributed by atoms with Crippen molar-refractivity contribution in [3.63, 3.8) is 0 Å². The van der Waals surface area contributed by atoms with Gasteiger partial charge >= 0.3 is 5.97 Å².